The van der Waals surface area contributed by atoms with Gasteiger partial charge >= 0.3 is 6.03 Å². The number of urea groups is 1. The van der Waals surface area contributed by atoms with E-state index in [1.54, 1.807) is 12.1 Å². The van der Waals surface area contributed by atoms with Crippen LogP contribution < -0.4 is 14.4 Å². The molecule has 1 aliphatic carbocycles. The summed E-state index contributed by atoms with van der Waals surface area (Å²) in [6, 6.07) is 16.9. The van der Waals surface area contributed by atoms with E-state index in [-0.39, 0.29) is 49.4 Å². The van der Waals surface area contributed by atoms with Crippen LogP contribution in [0.15, 0.2) is 84.6 Å². The predicted molar refractivity (Wildman–Crippen MR) is 153 cm³/mol. The third-order valence-corrected chi connectivity index (χ3v) is 7.25. The van der Waals surface area contributed by atoms with Crippen LogP contribution in [0.25, 0.3) is 0 Å². The van der Waals surface area contributed by atoms with Crippen molar-refractivity contribution in [1.82, 2.24) is 14.8 Å². The number of rotatable bonds is 8. The van der Waals surface area contributed by atoms with Gasteiger partial charge in [-0.05, 0) is 42.8 Å². The molecule has 0 bridgehead atoms. The molecule has 3 aromatic rings. The second-order valence-electron chi connectivity index (χ2n) is 9.99. The number of likely N-dealkylation sites (tertiary alicyclic amines) is 1. The Labute approximate surface area is 242 Å². The van der Waals surface area contributed by atoms with Crippen molar-refractivity contribution < 1.29 is 26.2 Å². The summed E-state index contributed by atoms with van der Waals surface area (Å²) in [4.78, 5) is 22.2. The molecule has 2 aromatic carbocycles. The van der Waals surface area contributed by atoms with Gasteiger partial charge in [0.25, 0.3) is 0 Å². The molecule has 2 amide bonds. The zero-order valence-electron chi connectivity index (χ0n) is 27.4. The molecule has 2 aliphatic heterocycles. The number of benzene rings is 2. The molecule has 2 fully saturated rings. The Kier molecular flexibility index (Phi) is 6.13. The Morgan fingerprint density at radius 3 is 2.30 bits per heavy atom. The largest absolute Gasteiger partial charge is 0.473 e. The smallest absolute Gasteiger partial charge is 0.329 e. The van der Waals surface area contributed by atoms with E-state index in [2.05, 4.69) is 4.98 Å². The summed E-state index contributed by atoms with van der Waals surface area (Å²) in [5, 5.41) is 10.0. The van der Waals surface area contributed by atoms with Crippen LogP contribution in [0.1, 0.15) is 43.6 Å². The molecule has 0 saturated carbocycles. The van der Waals surface area contributed by atoms with Crippen LogP contribution in [0.2, 0.25) is 0 Å². The van der Waals surface area contributed by atoms with Crippen molar-refractivity contribution in [3.05, 3.63) is 95.7 Å². The van der Waals surface area contributed by atoms with E-state index in [0.29, 0.717) is 12.8 Å². The summed E-state index contributed by atoms with van der Waals surface area (Å²) in [5.74, 6) is 0.276. The number of carbonyl (C=O) groups is 1. The van der Waals surface area contributed by atoms with E-state index in [0.717, 1.165) is 16.0 Å². The molecule has 2 saturated heterocycles. The number of nitrogens with zero attached hydrogens (tertiary/aromatic N) is 4. The topological polar surface area (TPSA) is 78.4 Å². The predicted octanol–water partition coefficient (Wildman–Crippen LogP) is 4.98. The van der Waals surface area contributed by atoms with Crippen molar-refractivity contribution in [2.45, 2.75) is 57.0 Å². The lowest BCUT2D eigenvalue weighted by Gasteiger charge is -2.39. The van der Waals surface area contributed by atoms with Crippen LogP contribution >= 0.6 is 0 Å². The Bertz CT molecular complexity index is 1570. The summed E-state index contributed by atoms with van der Waals surface area (Å²) in [6.07, 6.45) is -2.74. The summed E-state index contributed by atoms with van der Waals surface area (Å²) >= 11 is 0. The molecule has 208 valence electrons. The van der Waals surface area contributed by atoms with Gasteiger partial charge in [0.05, 0.1) is 13.5 Å². The first-order valence-corrected chi connectivity index (χ1v) is 13.5. The number of hydrogen-bond donors (Lipinski definition) is 1. The number of aliphatic hydroxyl groups excluding tert-OH is 1. The molecule has 0 radical (unpaired) electrons. The molecule has 8 nitrogen and oxygen atoms in total. The van der Waals surface area contributed by atoms with Gasteiger partial charge in [0.2, 0.25) is 11.8 Å². The van der Waals surface area contributed by atoms with Crippen LogP contribution in [0.5, 0.6) is 11.8 Å². The number of aliphatic hydroxyl groups is 1. The quantitative estimate of drug-likeness (QED) is 0.430. The Morgan fingerprint density at radius 1 is 0.975 bits per heavy atom. The van der Waals surface area contributed by atoms with Crippen molar-refractivity contribution in [3.8, 4) is 11.8 Å². The van der Waals surface area contributed by atoms with Gasteiger partial charge < -0.3 is 19.5 Å². The van der Waals surface area contributed by atoms with Gasteiger partial charge in [-0.15, -0.1) is 0 Å². The molecular formula is C32H36N4O4. The second kappa shape index (κ2) is 11.7. The first kappa shape index (κ1) is 20.9. The molecule has 1 N–H and O–H groups in total. The van der Waals surface area contributed by atoms with Crippen molar-refractivity contribution in [2.24, 2.45) is 0 Å². The van der Waals surface area contributed by atoms with Crippen LogP contribution in [-0.2, 0) is 13.2 Å². The standard InChI is InChI=1S/C32H36N4O4/c1-34-29-20-25(35-18-16-26(37)17-19-35)12-13-27(29)36(32(34)38)28-14-15-30(39-21-23-8-4-2-5-9-23)33-31(28)40-22-24-10-6-3-7-11-24/h2-11,13-15,25-26,29,37H,12,16-22H2,1H3/i12D,20D2,25D,29D. The zero-order valence-corrected chi connectivity index (χ0v) is 22.4. The second-order valence-corrected chi connectivity index (χ2v) is 9.99. The van der Waals surface area contributed by atoms with Crippen molar-refractivity contribution in [3.63, 3.8) is 0 Å². The van der Waals surface area contributed by atoms with E-state index in [9.17, 15) is 15.4 Å². The summed E-state index contributed by atoms with van der Waals surface area (Å²) in [6.45, 7) is 0.764. The number of aromatic nitrogens is 1. The molecule has 1 aromatic heterocycles. The fourth-order valence-corrected chi connectivity index (χ4v) is 5.00. The summed E-state index contributed by atoms with van der Waals surface area (Å²) < 4.78 is 58.5. The van der Waals surface area contributed by atoms with Crippen LogP contribution in [-0.4, -0.2) is 64.2 Å². The number of likely N-dealkylation sites (N-methyl/N-ethyl adjacent to an activating group) is 1. The fourth-order valence-electron chi connectivity index (χ4n) is 5.00. The van der Waals surface area contributed by atoms with Crippen molar-refractivity contribution >= 4 is 11.7 Å². The minimum Gasteiger partial charge on any atom is -0.473 e. The number of amides is 2. The van der Waals surface area contributed by atoms with Gasteiger partial charge in [-0.3, -0.25) is 9.80 Å². The zero-order chi connectivity index (χ0) is 32.0. The SMILES string of the molecule is [2H]C1C=C2N(c3ccc(OCc4ccccc4)nc3OCc3ccccc3)C(=O)N(C)C2([2H])C([2H])([2H])C1([2H])N1CCC(O)CC1. The maximum atomic E-state index is 14.0. The first-order chi connectivity index (χ1) is 21.5. The number of pyridine rings is 1. The normalized spacial score (nSPS) is 30.4. The molecule has 3 atom stereocenters. The summed E-state index contributed by atoms with van der Waals surface area (Å²) in [5.41, 5.74) is 1.87. The van der Waals surface area contributed by atoms with E-state index < -0.39 is 36.9 Å². The molecule has 40 heavy (non-hydrogen) atoms. The third-order valence-electron chi connectivity index (χ3n) is 7.25. The monoisotopic (exact) mass is 545 g/mol. The van der Waals surface area contributed by atoms with Gasteiger partial charge in [0, 0.05) is 43.4 Å². The fraction of sp³-hybridized carbons (Fsp3) is 0.375. The molecule has 0 spiro atoms. The van der Waals surface area contributed by atoms with Crippen molar-refractivity contribution in [1.29, 1.82) is 0 Å². The molecule has 3 aliphatic rings. The van der Waals surface area contributed by atoms with Gasteiger partial charge in [-0.1, -0.05) is 66.7 Å². The molecule has 8 heteroatoms. The van der Waals surface area contributed by atoms with E-state index in [4.69, 9.17) is 10.8 Å². The number of carbonyl (C=O) groups excluding carboxylic acids is 1. The number of anilines is 1. The van der Waals surface area contributed by atoms with E-state index in [1.807, 2.05) is 60.7 Å². The van der Waals surface area contributed by atoms with E-state index >= 15 is 0 Å². The Hall–Kier alpha value is -3.88. The average Bonchev–Trinajstić information content (AvgIpc) is 3.24. The highest BCUT2D eigenvalue weighted by Crippen LogP contribution is 2.42. The van der Waals surface area contributed by atoms with E-state index in [1.165, 1.54) is 22.9 Å². The lowest BCUT2D eigenvalue weighted by Crippen LogP contribution is -2.46. The molecule has 3 heterocycles. The highest BCUT2D eigenvalue weighted by atomic mass is 16.5. The average molecular weight is 546 g/mol. The number of piperidine rings is 1. The minimum atomic E-state index is -2.71. The molecular weight excluding hydrogens is 504 g/mol. The minimum absolute atomic E-state index is 0.0335. The first-order valence-electron chi connectivity index (χ1n) is 16.1. The molecule has 3 unspecified atom stereocenters. The Balaban J connectivity index is 1.39. The van der Waals surface area contributed by atoms with Crippen LogP contribution in [0.4, 0.5) is 10.5 Å². The maximum Gasteiger partial charge on any atom is 0.329 e. The Morgan fingerprint density at radius 2 is 1.62 bits per heavy atom. The lowest BCUT2D eigenvalue weighted by atomic mass is 9.91. The maximum absolute atomic E-state index is 14.0. The number of fused-ring (bicyclic) bond motifs is 1. The van der Waals surface area contributed by atoms with Gasteiger partial charge in [-0.25, -0.2) is 4.79 Å². The third kappa shape index (κ3) is 5.55. The van der Waals surface area contributed by atoms with Crippen molar-refractivity contribution in [2.75, 3.05) is 25.0 Å². The number of ether oxygens (including phenoxy) is 2. The highest BCUT2D eigenvalue weighted by Gasteiger charge is 2.45. The van der Waals surface area contributed by atoms with Gasteiger partial charge in [0.1, 0.15) is 18.9 Å². The van der Waals surface area contributed by atoms with Crippen LogP contribution in [0.3, 0.4) is 0 Å². The summed E-state index contributed by atoms with van der Waals surface area (Å²) in [7, 11) is 1.33. The highest BCUT2D eigenvalue weighted by molar-refractivity contribution is 6.00. The van der Waals surface area contributed by atoms with Gasteiger partial charge in [0.15, 0.2) is 0 Å². The van der Waals surface area contributed by atoms with Gasteiger partial charge in [-0.2, -0.15) is 4.98 Å². The van der Waals surface area contributed by atoms with Crippen LogP contribution in [0, 0.1) is 0 Å². The molecule has 6 rings (SSSR count). The number of hydrogen-bond acceptors (Lipinski definition) is 6. The lowest BCUT2D eigenvalue weighted by molar-refractivity contribution is 0.0534.